The fourth-order valence-corrected chi connectivity index (χ4v) is 2.19. The SMILES string of the molecule is CCCCCC(C)Cc1cccc(C(=O)Cl)c1. The Morgan fingerprint density at radius 1 is 1.35 bits per heavy atom. The van der Waals surface area contributed by atoms with Crippen LogP contribution in [0, 0.1) is 5.92 Å². The summed E-state index contributed by atoms with van der Waals surface area (Å²) in [5, 5.41) is -0.370. The molecule has 1 unspecified atom stereocenters. The Bertz CT molecular complexity index is 360. The molecule has 0 saturated heterocycles. The summed E-state index contributed by atoms with van der Waals surface area (Å²) in [6, 6.07) is 7.65. The van der Waals surface area contributed by atoms with E-state index in [0.29, 0.717) is 11.5 Å². The van der Waals surface area contributed by atoms with Crippen LogP contribution < -0.4 is 0 Å². The second kappa shape index (κ2) is 7.50. The Morgan fingerprint density at radius 3 is 2.76 bits per heavy atom. The molecule has 1 nitrogen and oxygen atoms in total. The van der Waals surface area contributed by atoms with Crippen LogP contribution in [0.2, 0.25) is 0 Å². The zero-order chi connectivity index (χ0) is 12.7. The fourth-order valence-electron chi connectivity index (χ4n) is 2.07. The molecule has 0 radical (unpaired) electrons. The van der Waals surface area contributed by atoms with E-state index in [1.807, 2.05) is 12.1 Å². The van der Waals surface area contributed by atoms with Crippen molar-refractivity contribution in [3.63, 3.8) is 0 Å². The van der Waals surface area contributed by atoms with Gasteiger partial charge in [0, 0.05) is 5.56 Å². The Hall–Kier alpha value is -0.820. The Kier molecular flexibility index (Phi) is 6.28. The van der Waals surface area contributed by atoms with E-state index >= 15 is 0 Å². The van der Waals surface area contributed by atoms with Gasteiger partial charge in [0.15, 0.2) is 0 Å². The van der Waals surface area contributed by atoms with E-state index in [9.17, 15) is 4.79 Å². The maximum absolute atomic E-state index is 11.1. The smallest absolute Gasteiger partial charge is 0.252 e. The van der Waals surface area contributed by atoms with Gasteiger partial charge in [-0.05, 0) is 35.6 Å². The quantitative estimate of drug-likeness (QED) is 0.502. The predicted octanol–water partition coefficient (Wildman–Crippen LogP) is 4.82. The summed E-state index contributed by atoms with van der Waals surface area (Å²) in [6.07, 6.45) is 6.16. The lowest BCUT2D eigenvalue weighted by molar-refractivity contribution is 0.108. The fraction of sp³-hybridized carbons (Fsp3) is 0.533. The first-order valence-corrected chi connectivity index (χ1v) is 6.80. The molecule has 0 amide bonds. The molecule has 0 bridgehead atoms. The maximum atomic E-state index is 11.1. The molecule has 0 spiro atoms. The summed E-state index contributed by atoms with van der Waals surface area (Å²) in [6.45, 7) is 4.49. The minimum Gasteiger partial charge on any atom is -0.276 e. The van der Waals surface area contributed by atoms with Crippen molar-refractivity contribution in [2.75, 3.05) is 0 Å². The number of carbonyl (C=O) groups excluding carboxylic acids is 1. The number of hydrogen-bond acceptors (Lipinski definition) is 1. The molecule has 17 heavy (non-hydrogen) atoms. The number of carbonyl (C=O) groups is 1. The van der Waals surface area contributed by atoms with Crippen molar-refractivity contribution >= 4 is 16.8 Å². The first kappa shape index (κ1) is 14.2. The van der Waals surface area contributed by atoms with E-state index in [-0.39, 0.29) is 5.24 Å². The van der Waals surface area contributed by atoms with E-state index < -0.39 is 0 Å². The summed E-state index contributed by atoms with van der Waals surface area (Å²) >= 11 is 5.48. The van der Waals surface area contributed by atoms with Gasteiger partial charge in [0.25, 0.3) is 5.24 Å². The molecule has 94 valence electrons. The third-order valence-electron chi connectivity index (χ3n) is 3.04. The highest BCUT2D eigenvalue weighted by Crippen LogP contribution is 2.17. The van der Waals surface area contributed by atoms with Crippen molar-refractivity contribution in [2.24, 2.45) is 5.92 Å². The third kappa shape index (κ3) is 5.36. The van der Waals surface area contributed by atoms with Gasteiger partial charge in [-0.3, -0.25) is 4.79 Å². The van der Waals surface area contributed by atoms with Gasteiger partial charge in [-0.25, -0.2) is 0 Å². The van der Waals surface area contributed by atoms with Gasteiger partial charge < -0.3 is 0 Å². The lowest BCUT2D eigenvalue weighted by atomic mass is 9.95. The molecule has 2 heteroatoms. The van der Waals surface area contributed by atoms with Gasteiger partial charge in [-0.2, -0.15) is 0 Å². The van der Waals surface area contributed by atoms with Crippen LogP contribution in [0.25, 0.3) is 0 Å². The molecule has 0 saturated carbocycles. The Balaban J connectivity index is 2.50. The molecule has 1 aromatic rings. The molecule has 0 heterocycles. The van der Waals surface area contributed by atoms with Crippen LogP contribution >= 0.6 is 11.6 Å². The van der Waals surface area contributed by atoms with E-state index in [0.717, 1.165) is 6.42 Å². The van der Waals surface area contributed by atoms with Crippen molar-refractivity contribution in [1.29, 1.82) is 0 Å². The largest absolute Gasteiger partial charge is 0.276 e. The van der Waals surface area contributed by atoms with Gasteiger partial charge in [-0.15, -0.1) is 0 Å². The third-order valence-corrected chi connectivity index (χ3v) is 3.26. The number of rotatable bonds is 7. The van der Waals surface area contributed by atoms with Crippen LogP contribution in [-0.4, -0.2) is 5.24 Å². The molecule has 0 aliphatic carbocycles. The van der Waals surface area contributed by atoms with Crippen molar-refractivity contribution in [3.05, 3.63) is 35.4 Å². The predicted molar refractivity (Wildman–Crippen MR) is 73.6 cm³/mol. The normalized spacial score (nSPS) is 12.4. The highest BCUT2D eigenvalue weighted by Gasteiger charge is 2.06. The maximum Gasteiger partial charge on any atom is 0.252 e. The van der Waals surface area contributed by atoms with Gasteiger partial charge in [0.1, 0.15) is 0 Å². The number of unbranched alkanes of at least 4 members (excludes halogenated alkanes) is 2. The van der Waals surface area contributed by atoms with Crippen molar-refractivity contribution in [3.8, 4) is 0 Å². The van der Waals surface area contributed by atoms with E-state index in [1.54, 1.807) is 6.07 Å². The minimum atomic E-state index is -0.370. The molecular formula is C15H21ClO. The summed E-state index contributed by atoms with van der Waals surface area (Å²) in [5.41, 5.74) is 1.81. The highest BCUT2D eigenvalue weighted by atomic mass is 35.5. The minimum absolute atomic E-state index is 0.370. The van der Waals surface area contributed by atoms with E-state index in [4.69, 9.17) is 11.6 Å². The molecule has 0 aliphatic heterocycles. The molecule has 0 aliphatic rings. The first-order valence-electron chi connectivity index (χ1n) is 6.42. The summed E-state index contributed by atoms with van der Waals surface area (Å²) < 4.78 is 0. The molecule has 0 N–H and O–H groups in total. The highest BCUT2D eigenvalue weighted by molar-refractivity contribution is 6.67. The van der Waals surface area contributed by atoms with Crippen LogP contribution in [0.15, 0.2) is 24.3 Å². The zero-order valence-corrected chi connectivity index (χ0v) is 11.5. The molecule has 1 rings (SSSR count). The lowest BCUT2D eigenvalue weighted by Crippen LogP contribution is -2.01. The average molecular weight is 253 g/mol. The zero-order valence-electron chi connectivity index (χ0n) is 10.7. The van der Waals surface area contributed by atoms with Gasteiger partial charge in [0.2, 0.25) is 0 Å². The van der Waals surface area contributed by atoms with E-state index in [1.165, 1.54) is 31.2 Å². The van der Waals surface area contributed by atoms with Crippen LogP contribution in [0.1, 0.15) is 55.5 Å². The van der Waals surface area contributed by atoms with Crippen molar-refractivity contribution in [2.45, 2.75) is 46.0 Å². The first-order chi connectivity index (χ1) is 8.13. The molecular weight excluding hydrogens is 232 g/mol. The Labute approximate surface area is 109 Å². The standard InChI is InChI=1S/C15H21ClO/c1-3-4-5-7-12(2)10-13-8-6-9-14(11-13)15(16)17/h6,8-9,11-12H,3-5,7,10H2,1-2H3. The molecule has 1 aromatic carbocycles. The van der Waals surface area contributed by atoms with Crippen molar-refractivity contribution < 1.29 is 4.79 Å². The lowest BCUT2D eigenvalue weighted by Gasteiger charge is -2.11. The number of halogens is 1. The summed E-state index contributed by atoms with van der Waals surface area (Å²) in [7, 11) is 0. The monoisotopic (exact) mass is 252 g/mol. The van der Waals surface area contributed by atoms with E-state index in [2.05, 4.69) is 19.9 Å². The van der Waals surface area contributed by atoms with Crippen molar-refractivity contribution in [1.82, 2.24) is 0 Å². The van der Waals surface area contributed by atoms with Gasteiger partial charge in [0.05, 0.1) is 0 Å². The molecule has 1 atom stereocenters. The Morgan fingerprint density at radius 2 is 2.12 bits per heavy atom. The van der Waals surface area contributed by atoms with Crippen LogP contribution in [0.3, 0.4) is 0 Å². The van der Waals surface area contributed by atoms with Crippen LogP contribution in [-0.2, 0) is 6.42 Å². The summed E-state index contributed by atoms with van der Waals surface area (Å²) in [4.78, 5) is 11.1. The second-order valence-corrected chi connectivity index (χ2v) is 5.12. The molecule has 0 fully saturated rings. The number of benzene rings is 1. The second-order valence-electron chi connectivity index (χ2n) is 4.78. The van der Waals surface area contributed by atoms with Crippen LogP contribution in [0.5, 0.6) is 0 Å². The molecule has 0 aromatic heterocycles. The number of hydrogen-bond donors (Lipinski definition) is 0. The average Bonchev–Trinajstić information content (AvgIpc) is 2.29. The van der Waals surface area contributed by atoms with Crippen LogP contribution in [0.4, 0.5) is 0 Å². The summed E-state index contributed by atoms with van der Waals surface area (Å²) in [5.74, 6) is 0.669. The van der Waals surface area contributed by atoms with Gasteiger partial charge in [-0.1, -0.05) is 57.7 Å². The topological polar surface area (TPSA) is 17.1 Å². The van der Waals surface area contributed by atoms with Gasteiger partial charge >= 0.3 is 0 Å².